The standard InChI is InChI=1S/C65H95N19O16S2/c1-34(2)22-46(65(100)83(33-74-37(6)86)49(56(68)91)20-21-102-9)79-60(95)45(24-41-26-69-32-73-41)76-52(88)27-71-63(98)55(35(3)4)81-57(92)36(5)75-59(94)44(23-39-25-70-43-13-11-10-12-42(39)43)78-62(97)50(18-19-51(67)87)84(64(99)38-14-16-40(66)17-15-38)54(90)28-72-58(93)48(31-101)80-61(96)47(30-85)77-53(89)29-82(7)8/h10-17,25-26,32,34-36,44-50,55,70,85,101H,18-24,27-31,33,66H2,1-9H3,(H2,67,87)(H2,68,91)(H,69,73)(H,71,98)(H,72,93)(H,74,86)(H,75,94)(H,76,88)(H,77,89)(H,78,97)(H,79,95)(H,80,96)(H,81,92)/t36-,44-,45-,46-,47-,48-,49-,50-,55-/m0/s1. The van der Waals surface area contributed by atoms with Crippen LogP contribution in [-0.2, 0) is 80.0 Å². The van der Waals surface area contributed by atoms with E-state index in [1.807, 2.05) is 0 Å². The second kappa shape index (κ2) is 41.6. The van der Waals surface area contributed by atoms with E-state index in [9.17, 15) is 72.2 Å². The number of imide groups is 1. The number of rotatable bonds is 42. The average molecular weight is 1460 g/mol. The van der Waals surface area contributed by atoms with Gasteiger partial charge in [-0.05, 0) is 100 Å². The SMILES string of the molecule is CSCC[C@@H](C(N)=O)N(CNC(C)=O)C(=O)[C@H](CC(C)C)NC(=O)[C@H](Cc1c[nH]cn1)NC(=O)CNC(=O)[C@@H](NC(=O)[C@H](C)NC(=O)[C@H](Cc1c[nH]c2ccccc12)NC(=O)[C@H](CCC(N)=O)N(C(=O)CNC(=O)[C@H](CS)NC(=O)[C@H](CO)NC(=O)CN(C)C)C(=O)c1ccc(N)cc1)C(C)C. The van der Waals surface area contributed by atoms with Gasteiger partial charge in [-0.2, -0.15) is 24.4 Å². The molecule has 0 aliphatic carbocycles. The van der Waals surface area contributed by atoms with Crippen LogP contribution in [0.4, 0.5) is 5.69 Å². The van der Waals surface area contributed by atoms with Gasteiger partial charge in [-0.15, -0.1) is 0 Å². The molecule has 0 spiro atoms. The monoisotopic (exact) mass is 1460 g/mol. The van der Waals surface area contributed by atoms with Crippen LogP contribution in [0.2, 0.25) is 0 Å². The fourth-order valence-corrected chi connectivity index (χ4v) is 11.0. The third kappa shape index (κ3) is 26.8. The van der Waals surface area contributed by atoms with Crippen molar-refractivity contribution in [3.05, 3.63) is 84.1 Å². The zero-order valence-corrected chi connectivity index (χ0v) is 60.1. The van der Waals surface area contributed by atoms with Crippen LogP contribution in [0, 0.1) is 11.8 Å². The van der Waals surface area contributed by atoms with E-state index in [1.165, 1.54) is 67.3 Å². The molecule has 2 heterocycles. The number of imidazole rings is 1. The van der Waals surface area contributed by atoms with E-state index in [0.717, 1.165) is 4.90 Å². The summed E-state index contributed by atoms with van der Waals surface area (Å²) >= 11 is 5.55. The summed E-state index contributed by atoms with van der Waals surface area (Å²) < 4.78 is 0. The molecule has 0 radical (unpaired) electrons. The highest BCUT2D eigenvalue weighted by atomic mass is 32.2. The zero-order valence-electron chi connectivity index (χ0n) is 58.3. The largest absolute Gasteiger partial charge is 0.399 e. The van der Waals surface area contributed by atoms with Crippen LogP contribution < -0.4 is 70.4 Å². The number of nitrogens with one attached hydrogen (secondary N) is 12. The molecule has 0 bridgehead atoms. The van der Waals surface area contributed by atoms with E-state index in [1.54, 1.807) is 78.5 Å². The molecule has 19 N–H and O–H groups in total. The van der Waals surface area contributed by atoms with Crippen LogP contribution in [0.15, 0.2) is 67.3 Å². The molecule has 4 rings (SSSR count). The Kier molecular flexibility index (Phi) is 34.3. The molecule has 35 nitrogen and oxygen atoms in total. The van der Waals surface area contributed by atoms with Crippen LogP contribution in [0.3, 0.4) is 0 Å². The normalized spacial score (nSPS) is 13.8. The summed E-state index contributed by atoms with van der Waals surface area (Å²) in [6.45, 7) is 5.99. The van der Waals surface area contributed by atoms with Gasteiger partial charge in [-0.1, -0.05) is 45.9 Å². The number of thiol groups is 1. The fourth-order valence-electron chi connectivity index (χ4n) is 10.3. The number of carbonyl (C=O) groups is 15. The third-order valence-corrected chi connectivity index (χ3v) is 16.6. The first-order chi connectivity index (χ1) is 48.2. The molecule has 2 aromatic heterocycles. The Morgan fingerprint density at radius 1 is 0.657 bits per heavy atom. The number of para-hydroxylation sites is 1. The van der Waals surface area contributed by atoms with Crippen LogP contribution in [0.5, 0.6) is 0 Å². The van der Waals surface area contributed by atoms with Crippen LogP contribution in [0.25, 0.3) is 10.9 Å². The lowest BCUT2D eigenvalue weighted by Crippen LogP contribution is -2.61. The van der Waals surface area contributed by atoms with Crippen molar-refractivity contribution >= 4 is 130 Å². The second-order valence-electron chi connectivity index (χ2n) is 25.0. The molecule has 0 unspecified atom stereocenters. The summed E-state index contributed by atoms with van der Waals surface area (Å²) in [6, 6.07) is -1.41. The summed E-state index contributed by atoms with van der Waals surface area (Å²) in [5.74, 6) is -14.8. The molecule has 9 atom stereocenters. The molecule has 0 saturated carbocycles. The number of carbonyl (C=O) groups excluding carboxylic acids is 15. The molecule has 0 saturated heterocycles. The molecule has 37 heteroatoms. The van der Waals surface area contributed by atoms with Gasteiger partial charge in [0.05, 0.1) is 44.9 Å². The summed E-state index contributed by atoms with van der Waals surface area (Å²) in [4.78, 5) is 219. The van der Waals surface area contributed by atoms with Crippen LogP contribution in [0.1, 0.15) is 88.8 Å². The number of likely N-dealkylation sites (N-methyl/N-ethyl adjacent to an activating group) is 1. The first-order valence-corrected chi connectivity index (χ1v) is 34.6. The van der Waals surface area contributed by atoms with E-state index in [2.05, 4.69) is 80.7 Å². The van der Waals surface area contributed by atoms with Gasteiger partial charge >= 0.3 is 0 Å². The van der Waals surface area contributed by atoms with Crippen molar-refractivity contribution < 1.29 is 77.0 Å². The lowest BCUT2D eigenvalue weighted by atomic mass is 10.0. The highest BCUT2D eigenvalue weighted by Crippen LogP contribution is 2.22. The fraction of sp³-hybridized carbons (Fsp3) is 0.508. The van der Waals surface area contributed by atoms with Crippen molar-refractivity contribution in [3.8, 4) is 0 Å². The first kappa shape index (κ1) is 84.3. The maximum absolute atomic E-state index is 15.0. The molecule has 2 aromatic carbocycles. The van der Waals surface area contributed by atoms with E-state index < -0.39 is 188 Å². The molecule has 0 fully saturated rings. The number of thioether (sulfide) groups is 1. The number of hydrogen-bond acceptors (Lipinski definition) is 21. The Morgan fingerprint density at radius 2 is 1.27 bits per heavy atom. The zero-order chi connectivity index (χ0) is 76.1. The van der Waals surface area contributed by atoms with Crippen LogP contribution >= 0.6 is 24.4 Å². The van der Waals surface area contributed by atoms with E-state index in [-0.39, 0.29) is 55.1 Å². The molecule has 0 aliphatic heterocycles. The number of aliphatic hydroxyl groups is 1. The molecular formula is C65H95N19O16S2. The molecular weight excluding hydrogens is 1370 g/mol. The number of aromatic amines is 2. The number of hydrogen-bond donors (Lipinski definition) is 17. The lowest BCUT2D eigenvalue weighted by molar-refractivity contribution is -0.144. The Morgan fingerprint density at radius 3 is 1.86 bits per heavy atom. The number of benzene rings is 2. The van der Waals surface area contributed by atoms with E-state index in [0.29, 0.717) is 32.8 Å². The van der Waals surface area contributed by atoms with Crippen molar-refractivity contribution in [2.75, 3.05) is 70.5 Å². The van der Waals surface area contributed by atoms with Gasteiger partial charge in [-0.3, -0.25) is 76.8 Å². The number of aliphatic hydroxyl groups excluding tert-OH is 1. The summed E-state index contributed by atoms with van der Waals surface area (Å²) in [5, 5.41) is 35.4. The molecule has 102 heavy (non-hydrogen) atoms. The Balaban J connectivity index is 1.60. The minimum Gasteiger partial charge on any atom is -0.399 e. The Labute approximate surface area is 599 Å². The van der Waals surface area contributed by atoms with E-state index >= 15 is 4.79 Å². The molecule has 0 aliphatic rings. The Bertz CT molecular complexity index is 3590. The summed E-state index contributed by atoms with van der Waals surface area (Å²) in [6.07, 6.45) is 4.52. The number of primary amides is 2. The van der Waals surface area contributed by atoms with Crippen molar-refractivity contribution in [3.63, 3.8) is 0 Å². The van der Waals surface area contributed by atoms with Crippen molar-refractivity contribution in [1.82, 2.24) is 82.8 Å². The lowest BCUT2D eigenvalue weighted by Gasteiger charge is -2.34. The number of amides is 15. The van der Waals surface area contributed by atoms with Crippen molar-refractivity contribution in [2.24, 2.45) is 23.3 Å². The number of H-pyrrole nitrogens is 2. The minimum atomic E-state index is -1.98. The van der Waals surface area contributed by atoms with Gasteiger partial charge < -0.3 is 95.2 Å². The van der Waals surface area contributed by atoms with Gasteiger partial charge in [0.2, 0.25) is 82.7 Å². The molecule has 15 amide bonds. The quantitative estimate of drug-likeness (QED) is 0.0114. The van der Waals surface area contributed by atoms with Crippen molar-refractivity contribution in [1.29, 1.82) is 0 Å². The topological polar surface area (TPSA) is 529 Å². The number of aromatic nitrogens is 3. The predicted molar refractivity (Wildman–Crippen MR) is 379 cm³/mol. The molecule has 558 valence electrons. The number of anilines is 1. The third-order valence-electron chi connectivity index (χ3n) is 15.6. The smallest absolute Gasteiger partial charge is 0.261 e. The van der Waals surface area contributed by atoms with Gasteiger partial charge in [0.25, 0.3) is 5.91 Å². The second-order valence-corrected chi connectivity index (χ2v) is 26.3. The highest BCUT2D eigenvalue weighted by Gasteiger charge is 2.40. The number of fused-ring (bicyclic) bond motifs is 1. The number of nitrogen functional groups attached to an aromatic ring is 1. The Hall–Kier alpha value is -10.1. The van der Waals surface area contributed by atoms with Gasteiger partial charge in [0.15, 0.2) is 0 Å². The number of nitrogens with two attached hydrogens (primary N) is 3. The minimum absolute atomic E-state index is 0.0496. The number of nitrogens with zero attached hydrogens (tertiary/aromatic N) is 4. The highest BCUT2D eigenvalue weighted by molar-refractivity contribution is 7.98. The van der Waals surface area contributed by atoms with Crippen molar-refractivity contribution in [2.45, 2.75) is 134 Å². The predicted octanol–water partition coefficient (Wildman–Crippen LogP) is -4.08. The van der Waals surface area contributed by atoms with Gasteiger partial charge in [-0.25, -0.2) is 4.98 Å². The molecule has 4 aromatic rings. The summed E-state index contributed by atoms with van der Waals surface area (Å²) in [5.41, 5.74) is 18.6. The van der Waals surface area contributed by atoms with E-state index in [4.69, 9.17) is 17.2 Å². The van der Waals surface area contributed by atoms with Crippen LogP contribution in [-0.4, -0.2) is 243 Å². The van der Waals surface area contributed by atoms with Gasteiger partial charge in [0.1, 0.15) is 54.4 Å². The maximum atomic E-state index is 15.0. The summed E-state index contributed by atoms with van der Waals surface area (Å²) in [7, 11) is 3.19. The maximum Gasteiger partial charge on any atom is 0.261 e. The first-order valence-electron chi connectivity index (χ1n) is 32.6. The average Bonchev–Trinajstić information content (AvgIpc) is 1.04. The van der Waals surface area contributed by atoms with Gasteiger partial charge in [0, 0.05) is 66.5 Å².